The van der Waals surface area contributed by atoms with Crippen molar-refractivity contribution in [1.29, 1.82) is 0 Å². The number of hydrogen-bond donors (Lipinski definition) is 1. The van der Waals surface area contributed by atoms with E-state index in [-0.39, 0.29) is 54.2 Å². The predicted molar refractivity (Wildman–Crippen MR) is 140 cm³/mol. The first-order valence-corrected chi connectivity index (χ1v) is 14.7. The number of rotatable bonds is 10. The molecule has 1 aliphatic carbocycles. The standard InChI is InChI=1S/C28H34FN3O5S/c1-2-24(27(34)30-22-9-4-3-5-10-22)31(19-20-14-16-21(29)17-15-20)26(33)13-8-18-32-28(35)23-11-6-7-12-25(23)38(32,36)37/h6-7,11-12,14-17,22,24H,2-5,8-10,13,18-19H2,1H3,(H,30,34)/t24-/m0/s1. The first-order chi connectivity index (χ1) is 18.2. The Hall–Kier alpha value is -3.27. The number of nitrogens with one attached hydrogen (secondary N) is 1. The van der Waals surface area contributed by atoms with Crippen LogP contribution in [-0.4, -0.2) is 54.0 Å². The molecule has 1 aliphatic heterocycles. The van der Waals surface area contributed by atoms with Crippen LogP contribution in [0.15, 0.2) is 53.4 Å². The Labute approximate surface area is 223 Å². The van der Waals surface area contributed by atoms with Gasteiger partial charge in [0.15, 0.2) is 0 Å². The molecular formula is C28H34FN3O5S. The maximum Gasteiger partial charge on any atom is 0.269 e. The molecule has 0 bridgehead atoms. The van der Waals surface area contributed by atoms with E-state index in [1.807, 2.05) is 6.92 Å². The summed E-state index contributed by atoms with van der Waals surface area (Å²) in [7, 11) is -3.96. The van der Waals surface area contributed by atoms with Crippen molar-refractivity contribution in [3.8, 4) is 0 Å². The molecule has 38 heavy (non-hydrogen) atoms. The number of nitrogens with zero attached hydrogens (tertiary/aromatic N) is 2. The van der Waals surface area contributed by atoms with E-state index in [1.165, 1.54) is 29.2 Å². The van der Waals surface area contributed by atoms with Gasteiger partial charge in [0.05, 0.1) is 5.56 Å². The molecule has 0 aromatic heterocycles. The van der Waals surface area contributed by atoms with Gasteiger partial charge in [0.25, 0.3) is 15.9 Å². The number of fused-ring (bicyclic) bond motifs is 1. The van der Waals surface area contributed by atoms with Gasteiger partial charge in [-0.05, 0) is 55.5 Å². The van der Waals surface area contributed by atoms with Gasteiger partial charge in [0.2, 0.25) is 11.8 Å². The number of sulfonamides is 1. The molecule has 0 saturated heterocycles. The third kappa shape index (κ3) is 6.06. The second kappa shape index (κ2) is 12.1. The number of hydrogen-bond acceptors (Lipinski definition) is 5. The SMILES string of the molecule is CC[C@@H](C(=O)NC1CCCCC1)N(Cc1ccc(F)cc1)C(=O)CCCN1C(=O)c2ccccc2S1(=O)=O. The highest BCUT2D eigenvalue weighted by Crippen LogP contribution is 2.30. The summed E-state index contributed by atoms with van der Waals surface area (Å²) in [6.07, 6.45) is 5.54. The molecule has 3 amide bonds. The van der Waals surface area contributed by atoms with E-state index in [2.05, 4.69) is 5.32 Å². The van der Waals surface area contributed by atoms with E-state index >= 15 is 0 Å². The lowest BCUT2D eigenvalue weighted by Gasteiger charge is -2.33. The molecule has 1 fully saturated rings. The Kier molecular flexibility index (Phi) is 8.81. The normalized spacial score (nSPS) is 17.6. The van der Waals surface area contributed by atoms with Crippen molar-refractivity contribution < 1.29 is 27.2 Å². The van der Waals surface area contributed by atoms with Crippen LogP contribution in [0, 0.1) is 5.82 Å². The van der Waals surface area contributed by atoms with E-state index in [1.54, 1.807) is 24.3 Å². The molecule has 2 aromatic rings. The van der Waals surface area contributed by atoms with Crippen molar-refractivity contribution in [3.05, 3.63) is 65.5 Å². The summed E-state index contributed by atoms with van der Waals surface area (Å²) in [6.45, 7) is 1.81. The van der Waals surface area contributed by atoms with Crippen LogP contribution in [0.1, 0.15) is 74.2 Å². The molecule has 1 atom stereocenters. The van der Waals surface area contributed by atoms with Crippen molar-refractivity contribution in [1.82, 2.24) is 14.5 Å². The zero-order valence-electron chi connectivity index (χ0n) is 21.6. The van der Waals surface area contributed by atoms with Gasteiger partial charge in [-0.3, -0.25) is 14.4 Å². The van der Waals surface area contributed by atoms with Crippen LogP contribution in [-0.2, 0) is 26.2 Å². The second-order valence-corrected chi connectivity index (χ2v) is 11.7. The van der Waals surface area contributed by atoms with Crippen LogP contribution in [0.4, 0.5) is 4.39 Å². The monoisotopic (exact) mass is 543 g/mol. The van der Waals surface area contributed by atoms with Gasteiger partial charge in [0.1, 0.15) is 16.8 Å². The Morgan fingerprint density at radius 1 is 1.08 bits per heavy atom. The van der Waals surface area contributed by atoms with Gasteiger partial charge >= 0.3 is 0 Å². The molecule has 10 heteroatoms. The Morgan fingerprint density at radius 3 is 2.42 bits per heavy atom. The zero-order valence-corrected chi connectivity index (χ0v) is 22.4. The predicted octanol–water partition coefficient (Wildman–Crippen LogP) is 4.01. The third-order valence-corrected chi connectivity index (χ3v) is 9.11. The molecule has 1 saturated carbocycles. The van der Waals surface area contributed by atoms with Crippen LogP contribution < -0.4 is 5.32 Å². The van der Waals surface area contributed by atoms with Gasteiger partial charge < -0.3 is 10.2 Å². The Morgan fingerprint density at radius 2 is 1.76 bits per heavy atom. The molecule has 8 nitrogen and oxygen atoms in total. The highest BCUT2D eigenvalue weighted by molar-refractivity contribution is 7.90. The minimum atomic E-state index is -3.96. The summed E-state index contributed by atoms with van der Waals surface area (Å²) in [5, 5.41) is 3.10. The fourth-order valence-electron chi connectivity index (χ4n) is 5.22. The average molecular weight is 544 g/mol. The van der Waals surface area contributed by atoms with Crippen molar-refractivity contribution in [3.63, 3.8) is 0 Å². The minimum Gasteiger partial charge on any atom is -0.352 e. The van der Waals surface area contributed by atoms with E-state index in [0.29, 0.717) is 12.0 Å². The molecule has 0 radical (unpaired) electrons. The quantitative estimate of drug-likeness (QED) is 0.488. The molecule has 1 heterocycles. The molecule has 0 unspecified atom stereocenters. The molecule has 0 spiro atoms. The Bertz CT molecular complexity index is 1280. The molecule has 4 rings (SSSR count). The van der Waals surface area contributed by atoms with Gasteiger partial charge in [0, 0.05) is 25.6 Å². The summed E-state index contributed by atoms with van der Waals surface area (Å²) >= 11 is 0. The smallest absolute Gasteiger partial charge is 0.269 e. The number of carbonyl (C=O) groups excluding carboxylic acids is 3. The molecular weight excluding hydrogens is 509 g/mol. The van der Waals surface area contributed by atoms with Gasteiger partial charge in [-0.2, -0.15) is 0 Å². The van der Waals surface area contributed by atoms with Crippen molar-refractivity contribution in [2.45, 2.75) is 81.8 Å². The van der Waals surface area contributed by atoms with Crippen LogP contribution in [0.3, 0.4) is 0 Å². The molecule has 204 valence electrons. The summed E-state index contributed by atoms with van der Waals surface area (Å²) in [4.78, 5) is 40.9. The van der Waals surface area contributed by atoms with Crippen molar-refractivity contribution in [2.75, 3.05) is 6.54 Å². The molecule has 2 aromatic carbocycles. The number of carbonyl (C=O) groups is 3. The first kappa shape index (κ1) is 27.8. The summed E-state index contributed by atoms with van der Waals surface area (Å²) < 4.78 is 39.9. The lowest BCUT2D eigenvalue weighted by atomic mass is 9.95. The summed E-state index contributed by atoms with van der Waals surface area (Å²) in [6, 6.07) is 11.2. The Balaban J connectivity index is 1.46. The third-order valence-electron chi connectivity index (χ3n) is 7.27. The van der Waals surface area contributed by atoms with E-state index < -0.39 is 27.8 Å². The fourth-order valence-corrected chi connectivity index (χ4v) is 6.83. The van der Waals surface area contributed by atoms with E-state index in [0.717, 1.165) is 36.4 Å². The summed E-state index contributed by atoms with van der Waals surface area (Å²) in [5.74, 6) is -1.55. The van der Waals surface area contributed by atoms with E-state index in [9.17, 15) is 27.2 Å². The van der Waals surface area contributed by atoms with Crippen LogP contribution in [0.5, 0.6) is 0 Å². The number of benzene rings is 2. The van der Waals surface area contributed by atoms with Gasteiger partial charge in [-0.15, -0.1) is 0 Å². The lowest BCUT2D eigenvalue weighted by Crippen LogP contribution is -2.51. The van der Waals surface area contributed by atoms with Crippen LogP contribution in [0.25, 0.3) is 0 Å². The lowest BCUT2D eigenvalue weighted by molar-refractivity contribution is -0.141. The highest BCUT2D eigenvalue weighted by Gasteiger charge is 2.40. The van der Waals surface area contributed by atoms with Gasteiger partial charge in [-0.25, -0.2) is 17.1 Å². The average Bonchev–Trinajstić information content (AvgIpc) is 3.10. The van der Waals surface area contributed by atoms with E-state index in [4.69, 9.17) is 0 Å². The first-order valence-electron chi connectivity index (χ1n) is 13.2. The van der Waals surface area contributed by atoms with Crippen molar-refractivity contribution in [2.24, 2.45) is 0 Å². The number of amides is 3. The van der Waals surface area contributed by atoms with Crippen LogP contribution >= 0.6 is 0 Å². The molecule has 1 N–H and O–H groups in total. The van der Waals surface area contributed by atoms with Crippen LogP contribution in [0.2, 0.25) is 0 Å². The maximum atomic E-state index is 13.5. The van der Waals surface area contributed by atoms with Gasteiger partial charge in [-0.1, -0.05) is 50.5 Å². The molecule has 2 aliphatic rings. The largest absolute Gasteiger partial charge is 0.352 e. The second-order valence-electron chi connectivity index (χ2n) is 9.90. The minimum absolute atomic E-state index is 0.0281. The topological polar surface area (TPSA) is 104 Å². The number of halogens is 1. The zero-order chi connectivity index (χ0) is 27.3. The highest BCUT2D eigenvalue weighted by atomic mass is 32.2. The van der Waals surface area contributed by atoms with Crippen molar-refractivity contribution >= 4 is 27.7 Å². The summed E-state index contributed by atoms with van der Waals surface area (Å²) in [5.41, 5.74) is 0.804. The fraction of sp³-hybridized carbons (Fsp3) is 0.464. The maximum absolute atomic E-state index is 13.5.